The standard InChI is InChI=1S/C22H30F2N6O4/c1-2-18(32)30-9-7-15(13-30)28-20(33)17-12-27-22(25-8-10-34-21(23)24)29-19(17)26-11-14-3-5-16(31)6-4-14/h2,11-12,14-16,21,31H,1,3-10,13H2,(H,28,33)(H,25,27,29)/t14?,15-,16?/m0/s1. The number of nitrogens with zero attached hydrogens (tertiary/aromatic N) is 4. The molecule has 0 spiro atoms. The summed E-state index contributed by atoms with van der Waals surface area (Å²) in [6.45, 7) is 1.33. The van der Waals surface area contributed by atoms with Gasteiger partial charge in [-0.05, 0) is 44.1 Å². The molecule has 0 radical (unpaired) electrons. The van der Waals surface area contributed by atoms with Gasteiger partial charge >= 0.3 is 6.61 Å². The lowest BCUT2D eigenvalue weighted by molar-refractivity contribution is -0.125. The van der Waals surface area contributed by atoms with Crippen molar-refractivity contribution in [3.05, 3.63) is 24.4 Å². The van der Waals surface area contributed by atoms with E-state index in [1.54, 1.807) is 11.1 Å². The van der Waals surface area contributed by atoms with Gasteiger partial charge in [-0.3, -0.25) is 9.59 Å². The second-order valence-electron chi connectivity index (χ2n) is 8.28. The van der Waals surface area contributed by atoms with E-state index in [0.29, 0.717) is 32.4 Å². The number of alkyl halides is 2. The van der Waals surface area contributed by atoms with Gasteiger partial charge in [-0.15, -0.1) is 0 Å². The molecule has 3 rings (SSSR count). The second kappa shape index (κ2) is 12.5. The molecular formula is C22H30F2N6O4. The minimum atomic E-state index is -2.86. The van der Waals surface area contributed by atoms with E-state index in [4.69, 9.17) is 0 Å². The highest BCUT2D eigenvalue weighted by Gasteiger charge is 2.27. The molecule has 1 saturated heterocycles. The predicted octanol–water partition coefficient (Wildman–Crippen LogP) is 1.90. The molecule has 10 nitrogen and oxygen atoms in total. The molecule has 186 valence electrons. The van der Waals surface area contributed by atoms with Crippen LogP contribution >= 0.6 is 0 Å². The van der Waals surface area contributed by atoms with Crippen LogP contribution in [0.2, 0.25) is 0 Å². The van der Waals surface area contributed by atoms with Gasteiger partial charge in [0.15, 0.2) is 5.82 Å². The smallest absolute Gasteiger partial charge is 0.345 e. The zero-order valence-corrected chi connectivity index (χ0v) is 18.8. The summed E-state index contributed by atoms with van der Waals surface area (Å²) >= 11 is 0. The predicted molar refractivity (Wildman–Crippen MR) is 121 cm³/mol. The SMILES string of the molecule is C=CC(=O)N1CC[C@H](NC(=O)c2cnc(NCCOC(F)F)nc2N=CC2CCC(O)CC2)C1. The van der Waals surface area contributed by atoms with Crippen molar-refractivity contribution in [3.8, 4) is 0 Å². The zero-order valence-electron chi connectivity index (χ0n) is 18.8. The minimum Gasteiger partial charge on any atom is -0.393 e. The Labute approximate surface area is 196 Å². The molecule has 1 atom stereocenters. The van der Waals surface area contributed by atoms with E-state index >= 15 is 0 Å². The van der Waals surface area contributed by atoms with Crippen LogP contribution in [-0.2, 0) is 9.53 Å². The first kappa shape index (κ1) is 25.6. The van der Waals surface area contributed by atoms with Gasteiger partial charge in [0.25, 0.3) is 5.91 Å². The van der Waals surface area contributed by atoms with Crippen molar-refractivity contribution in [2.45, 2.75) is 50.9 Å². The maximum atomic E-state index is 13.0. The topological polar surface area (TPSA) is 129 Å². The molecule has 1 aliphatic carbocycles. The van der Waals surface area contributed by atoms with Gasteiger partial charge in [-0.2, -0.15) is 13.8 Å². The van der Waals surface area contributed by atoms with Crippen LogP contribution in [-0.4, -0.2) is 83.0 Å². The van der Waals surface area contributed by atoms with Crippen LogP contribution in [0.1, 0.15) is 42.5 Å². The fourth-order valence-corrected chi connectivity index (χ4v) is 3.92. The molecule has 2 heterocycles. The van der Waals surface area contributed by atoms with E-state index in [2.05, 4.69) is 36.9 Å². The highest BCUT2D eigenvalue weighted by Crippen LogP contribution is 2.25. The van der Waals surface area contributed by atoms with Gasteiger partial charge in [0, 0.05) is 38.1 Å². The lowest BCUT2D eigenvalue weighted by Gasteiger charge is -2.22. The van der Waals surface area contributed by atoms with Crippen LogP contribution < -0.4 is 10.6 Å². The first-order valence-electron chi connectivity index (χ1n) is 11.3. The Morgan fingerprint density at radius 3 is 2.79 bits per heavy atom. The first-order chi connectivity index (χ1) is 16.4. The Bertz CT molecular complexity index is 892. The van der Waals surface area contributed by atoms with Gasteiger partial charge in [0.1, 0.15) is 5.56 Å². The maximum absolute atomic E-state index is 13.0. The number of anilines is 1. The summed E-state index contributed by atoms with van der Waals surface area (Å²) in [7, 11) is 0. The number of halogens is 2. The normalized spacial score (nSPS) is 22.8. The summed E-state index contributed by atoms with van der Waals surface area (Å²) in [5.74, 6) is -0.179. The third-order valence-corrected chi connectivity index (χ3v) is 5.80. The van der Waals surface area contributed by atoms with Crippen LogP contribution in [0, 0.1) is 5.92 Å². The Morgan fingerprint density at radius 2 is 2.09 bits per heavy atom. The van der Waals surface area contributed by atoms with Crippen molar-refractivity contribution in [3.63, 3.8) is 0 Å². The summed E-state index contributed by atoms with van der Waals surface area (Å²) in [5, 5.41) is 15.4. The van der Waals surface area contributed by atoms with Crippen molar-refractivity contribution in [1.82, 2.24) is 20.2 Å². The molecule has 0 aromatic carbocycles. The number of aliphatic hydroxyl groups is 1. The average molecular weight is 481 g/mol. The molecule has 0 unspecified atom stereocenters. The van der Waals surface area contributed by atoms with E-state index in [-0.39, 0.29) is 54.5 Å². The summed E-state index contributed by atoms with van der Waals surface area (Å²) in [5.41, 5.74) is 0.162. The molecule has 0 bridgehead atoms. The third kappa shape index (κ3) is 7.52. The van der Waals surface area contributed by atoms with Crippen molar-refractivity contribution in [2.75, 3.05) is 31.6 Å². The van der Waals surface area contributed by atoms with Gasteiger partial charge in [-0.25, -0.2) is 9.98 Å². The quantitative estimate of drug-likeness (QED) is 0.265. The highest BCUT2D eigenvalue weighted by molar-refractivity contribution is 5.98. The van der Waals surface area contributed by atoms with Crippen LogP contribution in [0.3, 0.4) is 0 Å². The molecule has 1 aromatic heterocycles. The fourth-order valence-electron chi connectivity index (χ4n) is 3.92. The number of hydrogen-bond acceptors (Lipinski definition) is 8. The first-order valence-corrected chi connectivity index (χ1v) is 11.3. The van der Waals surface area contributed by atoms with Crippen molar-refractivity contribution in [2.24, 2.45) is 10.9 Å². The van der Waals surface area contributed by atoms with Crippen molar-refractivity contribution < 1.29 is 28.2 Å². The van der Waals surface area contributed by atoms with Crippen LogP contribution in [0.15, 0.2) is 23.8 Å². The molecule has 2 fully saturated rings. The molecule has 12 heteroatoms. The summed E-state index contributed by atoms with van der Waals surface area (Å²) in [6, 6.07) is -0.225. The molecule has 3 N–H and O–H groups in total. The Kier molecular flexibility index (Phi) is 9.40. The van der Waals surface area contributed by atoms with E-state index in [1.165, 1.54) is 12.3 Å². The minimum absolute atomic E-state index is 0.0504. The van der Waals surface area contributed by atoms with Crippen LogP contribution in [0.4, 0.5) is 20.5 Å². The van der Waals surface area contributed by atoms with Gasteiger partial charge in [0.05, 0.1) is 12.7 Å². The number of likely N-dealkylation sites (tertiary alicyclic amines) is 1. The van der Waals surface area contributed by atoms with Gasteiger partial charge < -0.3 is 25.4 Å². The maximum Gasteiger partial charge on any atom is 0.345 e. The van der Waals surface area contributed by atoms with E-state index in [1.807, 2.05) is 0 Å². The Hall–Kier alpha value is -2.99. The molecule has 1 aromatic rings. The molecule has 1 saturated carbocycles. The number of amides is 2. The summed E-state index contributed by atoms with van der Waals surface area (Å²) < 4.78 is 28.5. The number of nitrogens with one attached hydrogen (secondary N) is 2. The average Bonchev–Trinajstić information content (AvgIpc) is 3.29. The van der Waals surface area contributed by atoms with Crippen LogP contribution in [0.25, 0.3) is 0 Å². The molecule has 1 aliphatic heterocycles. The highest BCUT2D eigenvalue weighted by atomic mass is 19.3. The van der Waals surface area contributed by atoms with E-state index in [0.717, 1.165) is 12.8 Å². The number of carbonyl (C=O) groups is 2. The lowest BCUT2D eigenvalue weighted by Crippen LogP contribution is -2.38. The Morgan fingerprint density at radius 1 is 1.32 bits per heavy atom. The van der Waals surface area contributed by atoms with Gasteiger partial charge in [-0.1, -0.05) is 6.58 Å². The van der Waals surface area contributed by atoms with E-state index in [9.17, 15) is 23.5 Å². The lowest BCUT2D eigenvalue weighted by atomic mass is 9.88. The number of aliphatic imine (C=N–C) groups is 1. The number of ether oxygens (including phenoxy) is 1. The third-order valence-electron chi connectivity index (χ3n) is 5.80. The molecule has 34 heavy (non-hydrogen) atoms. The second-order valence-corrected chi connectivity index (χ2v) is 8.28. The number of rotatable bonds is 10. The summed E-state index contributed by atoms with van der Waals surface area (Å²) in [6.07, 6.45) is 7.55. The number of aromatic nitrogens is 2. The number of carbonyl (C=O) groups excluding carboxylic acids is 2. The molecule has 2 aliphatic rings. The number of hydrogen-bond donors (Lipinski definition) is 3. The van der Waals surface area contributed by atoms with E-state index < -0.39 is 12.5 Å². The monoisotopic (exact) mass is 480 g/mol. The van der Waals surface area contributed by atoms with Crippen LogP contribution in [0.5, 0.6) is 0 Å². The zero-order chi connectivity index (χ0) is 24.5. The summed E-state index contributed by atoms with van der Waals surface area (Å²) in [4.78, 5) is 39.2. The molecule has 2 amide bonds. The fraction of sp³-hybridized carbons (Fsp3) is 0.591. The van der Waals surface area contributed by atoms with Crippen molar-refractivity contribution >= 4 is 29.8 Å². The Balaban J connectivity index is 1.70. The van der Waals surface area contributed by atoms with Gasteiger partial charge in [0.2, 0.25) is 11.9 Å². The largest absolute Gasteiger partial charge is 0.393 e. The molecular weight excluding hydrogens is 450 g/mol. The van der Waals surface area contributed by atoms with Crippen molar-refractivity contribution in [1.29, 1.82) is 0 Å². The number of aliphatic hydroxyl groups excluding tert-OH is 1.